The molecule has 0 saturated heterocycles. The van der Waals surface area contributed by atoms with Crippen molar-refractivity contribution in [2.45, 2.75) is 85.0 Å². The molecule has 0 spiro atoms. The van der Waals surface area contributed by atoms with Gasteiger partial charge in [-0.3, -0.25) is 0 Å². The zero-order chi connectivity index (χ0) is 18.3. The van der Waals surface area contributed by atoms with E-state index < -0.39 is 0 Å². The average Bonchev–Trinajstić information content (AvgIpc) is 2.61. The van der Waals surface area contributed by atoms with Crippen LogP contribution in [0.1, 0.15) is 90.5 Å². The van der Waals surface area contributed by atoms with Crippen molar-refractivity contribution in [3.05, 3.63) is 59.7 Å². The van der Waals surface area contributed by atoms with E-state index in [4.69, 9.17) is 0 Å². The second-order valence-corrected chi connectivity index (χ2v) is 8.54. The number of allylic oxidation sites excluding steroid dienone is 3. The van der Waals surface area contributed by atoms with Crippen molar-refractivity contribution in [1.29, 1.82) is 0 Å². The topological polar surface area (TPSA) is 0 Å². The van der Waals surface area contributed by atoms with Gasteiger partial charge in [-0.2, -0.15) is 0 Å². The lowest BCUT2D eigenvalue weighted by atomic mass is 9.60. The Morgan fingerprint density at radius 1 is 1.20 bits per heavy atom. The SMILES string of the molecule is C=C(CCCC1(CCC)CC(C)CC(c2ccccc2)C1)/C(C)=C/C. The molecule has 0 N–H and O–H groups in total. The van der Waals surface area contributed by atoms with Gasteiger partial charge in [0.05, 0.1) is 0 Å². The molecule has 25 heavy (non-hydrogen) atoms. The number of rotatable bonds is 8. The lowest BCUT2D eigenvalue weighted by Gasteiger charge is -2.44. The molecule has 1 aliphatic rings. The molecule has 0 heteroatoms. The van der Waals surface area contributed by atoms with Crippen LogP contribution in [0.3, 0.4) is 0 Å². The van der Waals surface area contributed by atoms with E-state index in [0.717, 1.165) is 18.3 Å². The van der Waals surface area contributed by atoms with Gasteiger partial charge in [-0.15, -0.1) is 0 Å². The van der Waals surface area contributed by atoms with Gasteiger partial charge in [0, 0.05) is 0 Å². The van der Waals surface area contributed by atoms with Gasteiger partial charge in [0.15, 0.2) is 0 Å². The first-order valence-corrected chi connectivity index (χ1v) is 10.4. The summed E-state index contributed by atoms with van der Waals surface area (Å²) < 4.78 is 0. The molecule has 1 aromatic rings. The predicted molar refractivity (Wildman–Crippen MR) is 112 cm³/mol. The highest BCUT2D eigenvalue weighted by Crippen LogP contribution is 2.51. The summed E-state index contributed by atoms with van der Waals surface area (Å²) in [5.41, 5.74) is 4.79. The molecule has 0 bridgehead atoms. The number of benzene rings is 1. The van der Waals surface area contributed by atoms with Crippen molar-refractivity contribution in [3.63, 3.8) is 0 Å². The highest BCUT2D eigenvalue weighted by atomic mass is 14.4. The van der Waals surface area contributed by atoms with Gasteiger partial charge in [-0.25, -0.2) is 0 Å². The highest BCUT2D eigenvalue weighted by Gasteiger charge is 2.38. The quantitative estimate of drug-likeness (QED) is 0.420. The molecule has 0 heterocycles. The maximum absolute atomic E-state index is 4.29. The van der Waals surface area contributed by atoms with Crippen LogP contribution >= 0.6 is 0 Å². The Kier molecular flexibility index (Phi) is 7.54. The van der Waals surface area contributed by atoms with E-state index in [1.54, 1.807) is 5.56 Å². The van der Waals surface area contributed by atoms with Crippen LogP contribution in [0.4, 0.5) is 0 Å². The van der Waals surface area contributed by atoms with Crippen molar-refractivity contribution in [3.8, 4) is 0 Å². The number of hydrogen-bond acceptors (Lipinski definition) is 0. The Labute approximate surface area is 156 Å². The minimum atomic E-state index is 0.539. The fourth-order valence-electron chi connectivity index (χ4n) is 5.12. The molecule has 1 aromatic carbocycles. The van der Waals surface area contributed by atoms with Crippen LogP contribution in [-0.4, -0.2) is 0 Å². The lowest BCUT2D eigenvalue weighted by molar-refractivity contribution is 0.100. The van der Waals surface area contributed by atoms with E-state index in [0.29, 0.717) is 5.41 Å². The van der Waals surface area contributed by atoms with Gasteiger partial charge < -0.3 is 0 Å². The zero-order valence-corrected chi connectivity index (χ0v) is 17.0. The summed E-state index contributed by atoms with van der Waals surface area (Å²) in [5.74, 6) is 1.59. The largest absolute Gasteiger partial charge is 0.0956 e. The Balaban J connectivity index is 2.07. The zero-order valence-electron chi connectivity index (χ0n) is 17.0. The van der Waals surface area contributed by atoms with Crippen molar-refractivity contribution < 1.29 is 0 Å². The molecule has 0 nitrogen and oxygen atoms in total. The highest BCUT2D eigenvalue weighted by molar-refractivity contribution is 5.25. The Morgan fingerprint density at radius 3 is 2.56 bits per heavy atom. The van der Waals surface area contributed by atoms with Crippen LogP contribution in [-0.2, 0) is 0 Å². The fourth-order valence-corrected chi connectivity index (χ4v) is 5.12. The van der Waals surface area contributed by atoms with Crippen LogP contribution < -0.4 is 0 Å². The molecule has 0 radical (unpaired) electrons. The van der Waals surface area contributed by atoms with Crippen LogP contribution in [0.5, 0.6) is 0 Å². The Hall–Kier alpha value is -1.30. The normalized spacial score (nSPS) is 27.3. The van der Waals surface area contributed by atoms with Crippen molar-refractivity contribution >= 4 is 0 Å². The van der Waals surface area contributed by atoms with Gasteiger partial charge in [0.2, 0.25) is 0 Å². The Morgan fingerprint density at radius 2 is 1.92 bits per heavy atom. The summed E-state index contributed by atoms with van der Waals surface area (Å²) in [7, 11) is 0. The molecule has 1 saturated carbocycles. The van der Waals surface area contributed by atoms with E-state index in [1.807, 2.05) is 0 Å². The molecule has 0 aliphatic heterocycles. The van der Waals surface area contributed by atoms with E-state index in [2.05, 4.69) is 70.7 Å². The van der Waals surface area contributed by atoms with E-state index in [9.17, 15) is 0 Å². The smallest absolute Gasteiger partial charge is 0.0154 e. The summed E-state index contributed by atoms with van der Waals surface area (Å²) in [6, 6.07) is 11.2. The van der Waals surface area contributed by atoms with Crippen molar-refractivity contribution in [2.24, 2.45) is 11.3 Å². The van der Waals surface area contributed by atoms with Crippen LogP contribution in [0.25, 0.3) is 0 Å². The minimum Gasteiger partial charge on any atom is -0.0956 e. The molecular weight excluding hydrogens is 300 g/mol. The molecule has 1 aliphatic carbocycles. The molecule has 1 fully saturated rings. The minimum absolute atomic E-state index is 0.539. The van der Waals surface area contributed by atoms with E-state index >= 15 is 0 Å². The second-order valence-electron chi connectivity index (χ2n) is 8.54. The summed E-state index contributed by atoms with van der Waals surface area (Å²) in [6.45, 7) is 13.4. The van der Waals surface area contributed by atoms with Crippen LogP contribution in [0, 0.1) is 11.3 Å². The maximum atomic E-state index is 4.29. The second kappa shape index (κ2) is 9.41. The lowest BCUT2D eigenvalue weighted by Crippen LogP contribution is -2.32. The number of hydrogen-bond donors (Lipinski definition) is 0. The maximum Gasteiger partial charge on any atom is -0.0154 e. The first-order chi connectivity index (χ1) is 12.0. The van der Waals surface area contributed by atoms with Gasteiger partial charge in [-0.05, 0) is 81.6 Å². The molecular formula is C25H38. The van der Waals surface area contributed by atoms with Gasteiger partial charge in [0.1, 0.15) is 0 Å². The van der Waals surface area contributed by atoms with Crippen LogP contribution in [0.15, 0.2) is 54.1 Å². The molecule has 3 atom stereocenters. The summed E-state index contributed by atoms with van der Waals surface area (Å²) in [4.78, 5) is 0. The molecule has 3 unspecified atom stereocenters. The van der Waals surface area contributed by atoms with Gasteiger partial charge in [0.25, 0.3) is 0 Å². The third-order valence-corrected chi connectivity index (χ3v) is 6.38. The van der Waals surface area contributed by atoms with E-state index in [-0.39, 0.29) is 0 Å². The summed E-state index contributed by atoms with van der Waals surface area (Å²) >= 11 is 0. The molecule has 0 aromatic heterocycles. The predicted octanol–water partition coefficient (Wildman–Crippen LogP) is 8.07. The van der Waals surface area contributed by atoms with Crippen LogP contribution in [0.2, 0.25) is 0 Å². The molecule has 2 rings (SSSR count). The molecule has 138 valence electrons. The summed E-state index contributed by atoms with van der Waals surface area (Å²) in [5, 5.41) is 0. The van der Waals surface area contributed by atoms with E-state index in [1.165, 1.54) is 56.1 Å². The average molecular weight is 339 g/mol. The third kappa shape index (κ3) is 5.59. The Bertz CT molecular complexity index is 565. The van der Waals surface area contributed by atoms with Crippen molar-refractivity contribution in [2.75, 3.05) is 0 Å². The summed E-state index contributed by atoms with van der Waals surface area (Å²) in [6.07, 6.45) is 12.9. The fraction of sp³-hybridized carbons (Fsp3) is 0.600. The first-order valence-electron chi connectivity index (χ1n) is 10.4. The third-order valence-electron chi connectivity index (χ3n) is 6.38. The first kappa shape index (κ1) is 20.0. The molecule has 0 amide bonds. The monoisotopic (exact) mass is 338 g/mol. The standard InChI is InChI=1S/C25H38/c1-6-15-25(16-11-12-22(5)21(4)7-2)18-20(3)17-24(19-25)23-13-9-8-10-14-23/h7-10,13-14,20,24H,5-6,11-12,15-19H2,1-4H3/b21-7+. The van der Waals surface area contributed by atoms with Crippen molar-refractivity contribution in [1.82, 2.24) is 0 Å². The van der Waals surface area contributed by atoms with Gasteiger partial charge in [-0.1, -0.05) is 74.4 Å². The van der Waals surface area contributed by atoms with Gasteiger partial charge >= 0.3 is 0 Å².